The quantitative estimate of drug-likeness (QED) is 0.738. The van der Waals surface area contributed by atoms with E-state index in [9.17, 15) is 14.3 Å². The molecule has 3 fully saturated rings. The minimum absolute atomic E-state index is 0.136. The van der Waals surface area contributed by atoms with Crippen molar-refractivity contribution in [3.63, 3.8) is 0 Å². The van der Waals surface area contributed by atoms with Crippen LogP contribution in [0.15, 0.2) is 11.6 Å². The van der Waals surface area contributed by atoms with Gasteiger partial charge in [0.25, 0.3) is 0 Å². The lowest BCUT2D eigenvalue weighted by atomic mass is 9.47. The van der Waals surface area contributed by atoms with Crippen LogP contribution in [-0.2, 0) is 4.79 Å². The first-order valence-corrected chi connectivity index (χ1v) is 8.92. The second kappa shape index (κ2) is 4.66. The summed E-state index contributed by atoms with van der Waals surface area (Å²) in [4.78, 5) is 11.8. The highest BCUT2D eigenvalue weighted by atomic mass is 19.1. The summed E-state index contributed by atoms with van der Waals surface area (Å²) in [6.45, 7) is 4.44. The molecule has 0 saturated heterocycles. The Kier molecular flexibility index (Phi) is 3.15. The number of carbonyl (C=O) groups excluding carboxylic acids is 1. The van der Waals surface area contributed by atoms with Crippen LogP contribution in [0.2, 0.25) is 0 Å². The van der Waals surface area contributed by atoms with Gasteiger partial charge < -0.3 is 5.11 Å². The summed E-state index contributed by atoms with van der Waals surface area (Å²) in [6, 6.07) is 0. The number of rotatable bonds is 0. The van der Waals surface area contributed by atoms with E-state index in [1.54, 1.807) is 0 Å². The van der Waals surface area contributed by atoms with E-state index in [0.29, 0.717) is 30.6 Å². The van der Waals surface area contributed by atoms with Crippen molar-refractivity contribution < 1.29 is 14.3 Å². The molecule has 1 N–H and O–H groups in total. The molecule has 7 atom stereocenters. The molecule has 0 bridgehead atoms. The van der Waals surface area contributed by atoms with Crippen LogP contribution in [0.3, 0.4) is 0 Å². The molecule has 3 saturated carbocycles. The average molecular weight is 306 g/mol. The van der Waals surface area contributed by atoms with E-state index in [-0.39, 0.29) is 16.6 Å². The van der Waals surface area contributed by atoms with E-state index in [1.807, 2.05) is 6.08 Å². The highest BCUT2D eigenvalue weighted by Gasteiger charge is 2.61. The molecule has 2 nitrogen and oxygen atoms in total. The van der Waals surface area contributed by atoms with E-state index in [1.165, 1.54) is 5.57 Å². The minimum atomic E-state index is -1.05. The van der Waals surface area contributed by atoms with E-state index >= 15 is 0 Å². The van der Waals surface area contributed by atoms with Crippen LogP contribution >= 0.6 is 0 Å². The predicted molar refractivity (Wildman–Crippen MR) is 83.0 cm³/mol. The molecule has 3 heteroatoms. The number of allylic oxidation sites excluding steroid dienone is 1. The zero-order valence-electron chi connectivity index (χ0n) is 13.6. The summed E-state index contributed by atoms with van der Waals surface area (Å²) < 4.78 is 14.2. The lowest BCUT2D eigenvalue weighted by Crippen LogP contribution is -2.51. The number of hydrogen-bond donors (Lipinski definition) is 1. The second-order valence-corrected chi connectivity index (χ2v) is 8.71. The number of ketones is 1. The predicted octanol–water partition coefficient (Wildman–Crippen LogP) is 3.83. The van der Waals surface area contributed by atoms with Gasteiger partial charge in [-0.1, -0.05) is 19.4 Å². The normalized spacial score (nSPS) is 54.3. The monoisotopic (exact) mass is 306 g/mol. The lowest BCUT2D eigenvalue weighted by molar-refractivity contribution is -0.118. The molecule has 0 unspecified atom stereocenters. The number of aliphatic hydroxyl groups is 1. The van der Waals surface area contributed by atoms with Gasteiger partial charge in [-0.15, -0.1) is 0 Å². The Morgan fingerprint density at radius 2 is 1.95 bits per heavy atom. The van der Waals surface area contributed by atoms with E-state index in [2.05, 4.69) is 13.8 Å². The number of hydrogen-bond acceptors (Lipinski definition) is 2. The molecule has 0 aromatic carbocycles. The number of carbonyl (C=O) groups is 1. The third kappa shape index (κ3) is 1.78. The van der Waals surface area contributed by atoms with Crippen molar-refractivity contribution in [3.8, 4) is 0 Å². The van der Waals surface area contributed by atoms with E-state index in [0.717, 1.165) is 32.1 Å². The van der Waals surface area contributed by atoms with Crippen molar-refractivity contribution in [2.45, 2.75) is 71.1 Å². The third-order valence-corrected chi connectivity index (χ3v) is 7.90. The van der Waals surface area contributed by atoms with Gasteiger partial charge in [0.1, 0.15) is 6.17 Å². The van der Waals surface area contributed by atoms with Crippen LogP contribution < -0.4 is 0 Å². The van der Waals surface area contributed by atoms with Crippen LogP contribution in [0.5, 0.6) is 0 Å². The first-order valence-electron chi connectivity index (χ1n) is 8.92. The van der Waals surface area contributed by atoms with Gasteiger partial charge in [0.05, 0.1) is 6.10 Å². The average Bonchev–Trinajstić information content (AvgIpc) is 2.72. The van der Waals surface area contributed by atoms with Gasteiger partial charge in [-0.2, -0.15) is 0 Å². The van der Waals surface area contributed by atoms with Crippen LogP contribution in [0.1, 0.15) is 58.8 Å². The summed E-state index contributed by atoms with van der Waals surface area (Å²) in [6.07, 6.45) is 6.30. The Morgan fingerprint density at radius 3 is 2.73 bits per heavy atom. The zero-order chi connectivity index (χ0) is 15.7. The van der Waals surface area contributed by atoms with Crippen molar-refractivity contribution in [1.82, 2.24) is 0 Å². The van der Waals surface area contributed by atoms with E-state index < -0.39 is 12.3 Å². The summed E-state index contributed by atoms with van der Waals surface area (Å²) >= 11 is 0. The topological polar surface area (TPSA) is 37.3 Å². The van der Waals surface area contributed by atoms with Crippen LogP contribution in [0.4, 0.5) is 4.39 Å². The molecule has 4 aliphatic carbocycles. The first-order chi connectivity index (χ1) is 10.4. The third-order valence-electron chi connectivity index (χ3n) is 7.90. The molecule has 22 heavy (non-hydrogen) atoms. The smallest absolute Gasteiger partial charge is 0.155 e. The fourth-order valence-electron chi connectivity index (χ4n) is 6.50. The van der Waals surface area contributed by atoms with Crippen LogP contribution in [0, 0.1) is 28.6 Å². The van der Waals surface area contributed by atoms with Gasteiger partial charge >= 0.3 is 0 Å². The molecule has 0 aliphatic heterocycles. The van der Waals surface area contributed by atoms with Gasteiger partial charge in [0, 0.05) is 6.42 Å². The number of fused-ring (bicyclic) bond motifs is 5. The number of halogens is 1. The summed E-state index contributed by atoms with van der Waals surface area (Å²) in [7, 11) is 0. The largest absolute Gasteiger partial charge is 0.390 e. The van der Waals surface area contributed by atoms with Crippen molar-refractivity contribution in [3.05, 3.63) is 11.6 Å². The SMILES string of the molecule is C[C@]12CC[C@H]3[C@@H](CCC4=CC(=O)CC[C@@]43C)[C@@H]1C[C@@H](F)[C@@H]2O. The second-order valence-electron chi connectivity index (χ2n) is 8.71. The lowest BCUT2D eigenvalue weighted by Gasteiger charge is -2.57. The van der Waals surface area contributed by atoms with Crippen molar-refractivity contribution in [2.75, 3.05) is 0 Å². The van der Waals surface area contributed by atoms with Gasteiger partial charge in [-0.3, -0.25) is 4.79 Å². The molecular weight excluding hydrogens is 279 g/mol. The molecule has 0 spiro atoms. The Morgan fingerprint density at radius 1 is 1.18 bits per heavy atom. The van der Waals surface area contributed by atoms with E-state index in [4.69, 9.17) is 0 Å². The molecule has 4 aliphatic rings. The summed E-state index contributed by atoms with van der Waals surface area (Å²) in [5.41, 5.74) is 1.25. The van der Waals surface area contributed by atoms with Crippen molar-refractivity contribution in [1.29, 1.82) is 0 Å². The molecular formula is C19H27FO2. The van der Waals surface area contributed by atoms with Crippen molar-refractivity contribution >= 4 is 5.78 Å². The van der Waals surface area contributed by atoms with Gasteiger partial charge in [-0.05, 0) is 73.2 Å². The Balaban J connectivity index is 1.69. The maximum atomic E-state index is 14.2. The summed E-state index contributed by atoms with van der Waals surface area (Å²) in [5, 5.41) is 10.3. The molecule has 0 aromatic rings. The van der Waals surface area contributed by atoms with Gasteiger partial charge in [0.15, 0.2) is 5.78 Å². The van der Waals surface area contributed by atoms with Crippen molar-refractivity contribution in [2.24, 2.45) is 28.6 Å². The highest BCUT2D eigenvalue weighted by Crippen LogP contribution is 2.65. The fraction of sp³-hybridized carbons (Fsp3) is 0.842. The minimum Gasteiger partial charge on any atom is -0.390 e. The van der Waals surface area contributed by atoms with Crippen LogP contribution in [-0.4, -0.2) is 23.2 Å². The number of aliphatic hydroxyl groups excluding tert-OH is 1. The molecule has 0 radical (unpaired) electrons. The zero-order valence-corrected chi connectivity index (χ0v) is 13.6. The van der Waals surface area contributed by atoms with Crippen LogP contribution in [0.25, 0.3) is 0 Å². The molecule has 0 heterocycles. The summed E-state index contributed by atoms with van der Waals surface area (Å²) in [5.74, 6) is 1.68. The maximum absolute atomic E-state index is 14.2. The molecule has 4 rings (SSSR count). The van der Waals surface area contributed by atoms with Gasteiger partial charge in [-0.25, -0.2) is 4.39 Å². The Labute approximate surface area is 132 Å². The Hall–Kier alpha value is -0.700. The molecule has 122 valence electrons. The van der Waals surface area contributed by atoms with Gasteiger partial charge in [0.2, 0.25) is 0 Å². The Bertz CT molecular complexity index is 542. The number of alkyl halides is 1. The fourth-order valence-corrected chi connectivity index (χ4v) is 6.50. The maximum Gasteiger partial charge on any atom is 0.155 e. The standard InChI is InChI=1S/C19H27FO2/c1-18-7-5-12(21)9-11(18)3-4-13-14(18)6-8-19(2)15(13)10-16(20)17(19)22/h9,13-17,22H,3-8,10H2,1-2H3/t13-,14+,15+,16-,17+,18+,19+/m1/s1. The molecule has 0 aromatic heterocycles. The highest BCUT2D eigenvalue weighted by molar-refractivity contribution is 5.91. The molecule has 0 amide bonds. The first kappa shape index (κ1) is 14.9.